The lowest BCUT2D eigenvalue weighted by Gasteiger charge is -2.12. The van der Waals surface area contributed by atoms with Gasteiger partial charge in [0.2, 0.25) is 0 Å². The normalized spacial score (nSPS) is 14.0. The van der Waals surface area contributed by atoms with Crippen LogP contribution in [0.25, 0.3) is 0 Å². The fraction of sp³-hybridized carbons (Fsp3) is 0.368. The molecule has 0 aliphatic heterocycles. The summed E-state index contributed by atoms with van der Waals surface area (Å²) in [5.74, 6) is 1.76. The monoisotopic (exact) mass is 281 g/mol. The largest absolute Gasteiger partial charge is 0.494 e. The third-order valence-corrected chi connectivity index (χ3v) is 3.99. The molecule has 1 aliphatic carbocycles. The summed E-state index contributed by atoms with van der Waals surface area (Å²) in [5, 5.41) is 3.53. The molecule has 1 saturated carbocycles. The standard InChI is InChI=1S/C19H23NO/c1-3-21-18-9-10-19(14(2)11-18)20-13-15-5-4-6-17(12-15)16-7-8-16/h4-6,9-12,16,20H,3,7-8,13H2,1-2H3. The number of rotatable bonds is 6. The van der Waals surface area contributed by atoms with E-state index in [4.69, 9.17) is 4.74 Å². The molecule has 0 radical (unpaired) electrons. The van der Waals surface area contributed by atoms with Gasteiger partial charge in [0, 0.05) is 12.2 Å². The zero-order valence-corrected chi connectivity index (χ0v) is 12.9. The van der Waals surface area contributed by atoms with Crippen molar-refractivity contribution in [3.8, 4) is 5.75 Å². The average molecular weight is 281 g/mol. The molecule has 0 spiro atoms. The molecule has 0 aromatic heterocycles. The summed E-state index contributed by atoms with van der Waals surface area (Å²) in [6.45, 7) is 5.70. The minimum absolute atomic E-state index is 0.709. The first-order valence-electron chi connectivity index (χ1n) is 7.82. The predicted octanol–water partition coefficient (Wildman–Crippen LogP) is 4.88. The van der Waals surface area contributed by atoms with Crippen LogP contribution in [-0.2, 0) is 6.54 Å². The summed E-state index contributed by atoms with van der Waals surface area (Å²) >= 11 is 0. The van der Waals surface area contributed by atoms with Crippen molar-refractivity contribution in [1.82, 2.24) is 0 Å². The van der Waals surface area contributed by atoms with Crippen LogP contribution in [0.3, 0.4) is 0 Å². The van der Waals surface area contributed by atoms with Gasteiger partial charge in [-0.15, -0.1) is 0 Å². The lowest BCUT2D eigenvalue weighted by Crippen LogP contribution is -2.02. The maximum atomic E-state index is 5.53. The molecular weight excluding hydrogens is 258 g/mol. The first-order valence-corrected chi connectivity index (χ1v) is 7.82. The SMILES string of the molecule is CCOc1ccc(NCc2cccc(C3CC3)c2)c(C)c1. The number of aryl methyl sites for hydroxylation is 1. The molecule has 2 aromatic carbocycles. The summed E-state index contributed by atoms with van der Waals surface area (Å²) in [6.07, 6.45) is 2.71. The molecule has 0 saturated heterocycles. The maximum Gasteiger partial charge on any atom is 0.119 e. The molecule has 2 nitrogen and oxygen atoms in total. The van der Waals surface area contributed by atoms with Crippen molar-refractivity contribution < 1.29 is 4.74 Å². The Balaban J connectivity index is 1.65. The molecule has 1 N–H and O–H groups in total. The fourth-order valence-electron chi connectivity index (χ4n) is 2.66. The van der Waals surface area contributed by atoms with Crippen LogP contribution in [0.5, 0.6) is 5.75 Å². The van der Waals surface area contributed by atoms with Gasteiger partial charge in [-0.25, -0.2) is 0 Å². The van der Waals surface area contributed by atoms with Crippen molar-refractivity contribution in [2.45, 2.75) is 39.2 Å². The highest BCUT2D eigenvalue weighted by atomic mass is 16.5. The molecule has 0 atom stereocenters. The second-order valence-electron chi connectivity index (χ2n) is 5.78. The Labute approximate surface area is 127 Å². The van der Waals surface area contributed by atoms with Crippen LogP contribution < -0.4 is 10.1 Å². The van der Waals surface area contributed by atoms with Gasteiger partial charge in [-0.2, -0.15) is 0 Å². The van der Waals surface area contributed by atoms with Gasteiger partial charge in [0.05, 0.1) is 6.61 Å². The van der Waals surface area contributed by atoms with Crippen LogP contribution in [0, 0.1) is 6.92 Å². The van der Waals surface area contributed by atoms with Crippen LogP contribution in [-0.4, -0.2) is 6.61 Å². The molecule has 110 valence electrons. The van der Waals surface area contributed by atoms with Crippen molar-refractivity contribution in [3.63, 3.8) is 0 Å². The number of nitrogens with one attached hydrogen (secondary N) is 1. The minimum atomic E-state index is 0.709. The van der Waals surface area contributed by atoms with Crippen LogP contribution in [0.15, 0.2) is 42.5 Å². The minimum Gasteiger partial charge on any atom is -0.494 e. The van der Waals surface area contributed by atoms with Gasteiger partial charge in [-0.05, 0) is 67.5 Å². The van der Waals surface area contributed by atoms with Crippen LogP contribution >= 0.6 is 0 Å². The van der Waals surface area contributed by atoms with Gasteiger partial charge in [0.1, 0.15) is 5.75 Å². The number of anilines is 1. The quantitative estimate of drug-likeness (QED) is 0.814. The average Bonchev–Trinajstić information content (AvgIpc) is 3.32. The molecule has 1 aliphatic rings. The van der Waals surface area contributed by atoms with E-state index >= 15 is 0 Å². The Morgan fingerprint density at radius 3 is 2.71 bits per heavy atom. The third-order valence-electron chi connectivity index (χ3n) is 3.99. The summed E-state index contributed by atoms with van der Waals surface area (Å²) < 4.78 is 5.53. The van der Waals surface area contributed by atoms with E-state index in [9.17, 15) is 0 Å². The van der Waals surface area contributed by atoms with Crippen molar-refractivity contribution >= 4 is 5.69 Å². The molecule has 0 bridgehead atoms. The summed E-state index contributed by atoms with van der Waals surface area (Å²) in [4.78, 5) is 0. The zero-order chi connectivity index (χ0) is 14.7. The molecule has 2 aromatic rings. The van der Waals surface area contributed by atoms with Crippen LogP contribution in [0.2, 0.25) is 0 Å². The fourth-order valence-corrected chi connectivity index (χ4v) is 2.66. The molecule has 21 heavy (non-hydrogen) atoms. The summed E-state index contributed by atoms with van der Waals surface area (Å²) in [6, 6.07) is 15.2. The molecule has 3 rings (SSSR count). The van der Waals surface area contributed by atoms with Crippen molar-refractivity contribution in [2.75, 3.05) is 11.9 Å². The highest BCUT2D eigenvalue weighted by Crippen LogP contribution is 2.40. The Hall–Kier alpha value is -1.96. The van der Waals surface area contributed by atoms with E-state index in [-0.39, 0.29) is 0 Å². The Bertz CT molecular complexity index is 617. The summed E-state index contributed by atoms with van der Waals surface area (Å²) in [7, 11) is 0. The smallest absolute Gasteiger partial charge is 0.119 e. The van der Waals surface area contributed by atoms with Crippen molar-refractivity contribution in [1.29, 1.82) is 0 Å². The number of benzene rings is 2. The summed E-state index contributed by atoms with van der Waals surface area (Å²) in [5.41, 5.74) is 5.25. The van der Waals surface area contributed by atoms with E-state index in [0.29, 0.717) is 6.61 Å². The zero-order valence-electron chi connectivity index (χ0n) is 12.9. The van der Waals surface area contributed by atoms with E-state index < -0.39 is 0 Å². The van der Waals surface area contributed by atoms with Crippen LogP contribution in [0.4, 0.5) is 5.69 Å². The van der Waals surface area contributed by atoms with Crippen LogP contribution in [0.1, 0.15) is 42.4 Å². The van der Waals surface area contributed by atoms with E-state index in [1.54, 1.807) is 0 Å². The topological polar surface area (TPSA) is 21.3 Å². The second-order valence-corrected chi connectivity index (χ2v) is 5.78. The van der Waals surface area contributed by atoms with Gasteiger partial charge >= 0.3 is 0 Å². The van der Waals surface area contributed by atoms with Gasteiger partial charge in [-0.3, -0.25) is 0 Å². The number of hydrogen-bond acceptors (Lipinski definition) is 2. The van der Waals surface area contributed by atoms with Gasteiger partial charge in [0.25, 0.3) is 0 Å². The molecular formula is C19H23NO. The van der Waals surface area contributed by atoms with Gasteiger partial charge in [0.15, 0.2) is 0 Å². The predicted molar refractivity (Wildman–Crippen MR) is 88.1 cm³/mol. The third kappa shape index (κ3) is 3.57. The first-order chi connectivity index (χ1) is 10.3. The van der Waals surface area contributed by atoms with Crippen molar-refractivity contribution in [3.05, 3.63) is 59.2 Å². The van der Waals surface area contributed by atoms with E-state index in [1.807, 2.05) is 13.0 Å². The van der Waals surface area contributed by atoms with E-state index in [2.05, 4.69) is 48.6 Å². The highest BCUT2D eigenvalue weighted by molar-refractivity contribution is 5.54. The number of hydrogen-bond donors (Lipinski definition) is 1. The van der Waals surface area contributed by atoms with E-state index in [0.717, 1.165) is 18.2 Å². The lowest BCUT2D eigenvalue weighted by molar-refractivity contribution is 0.340. The molecule has 0 amide bonds. The second kappa shape index (κ2) is 6.21. The Morgan fingerprint density at radius 2 is 2.00 bits per heavy atom. The van der Waals surface area contributed by atoms with Gasteiger partial charge < -0.3 is 10.1 Å². The van der Waals surface area contributed by atoms with Gasteiger partial charge in [-0.1, -0.05) is 24.3 Å². The van der Waals surface area contributed by atoms with E-state index in [1.165, 1.54) is 35.2 Å². The molecule has 0 unspecified atom stereocenters. The molecule has 0 heterocycles. The highest BCUT2D eigenvalue weighted by Gasteiger charge is 2.23. The molecule has 1 fully saturated rings. The molecule has 2 heteroatoms. The maximum absolute atomic E-state index is 5.53. The lowest BCUT2D eigenvalue weighted by atomic mass is 10.1. The Kier molecular flexibility index (Phi) is 4.14. The van der Waals surface area contributed by atoms with Crippen molar-refractivity contribution in [2.24, 2.45) is 0 Å². The Morgan fingerprint density at radius 1 is 1.14 bits per heavy atom. The number of ether oxygens (including phenoxy) is 1. The first kappa shape index (κ1) is 14.0.